The molecule has 1 atom stereocenters. The van der Waals surface area contributed by atoms with Crippen LogP contribution in [0.15, 0.2) is 29.2 Å². The summed E-state index contributed by atoms with van der Waals surface area (Å²) in [6, 6.07) is 6.72. The number of nitrogens with one attached hydrogen (secondary N) is 2. The summed E-state index contributed by atoms with van der Waals surface area (Å²) in [5.41, 5.74) is 0.926. The monoisotopic (exact) mass is 256 g/mol. The summed E-state index contributed by atoms with van der Waals surface area (Å²) in [6.45, 7) is 6.61. The zero-order valence-electron chi connectivity index (χ0n) is 10.5. The van der Waals surface area contributed by atoms with Gasteiger partial charge in [-0.15, -0.1) is 0 Å². The first-order valence-electron chi connectivity index (χ1n) is 5.85. The van der Waals surface area contributed by atoms with Gasteiger partial charge in [-0.25, -0.2) is 13.1 Å². The largest absolute Gasteiger partial charge is 0.385 e. The molecule has 0 aliphatic rings. The van der Waals surface area contributed by atoms with E-state index in [1.807, 2.05) is 20.8 Å². The lowest BCUT2D eigenvalue weighted by Gasteiger charge is -2.12. The number of rotatable bonds is 6. The van der Waals surface area contributed by atoms with Gasteiger partial charge in [-0.05, 0) is 44.5 Å². The third-order valence-electron chi connectivity index (χ3n) is 2.51. The van der Waals surface area contributed by atoms with Gasteiger partial charge in [0.15, 0.2) is 0 Å². The second-order valence-electron chi connectivity index (χ2n) is 3.99. The second kappa shape index (κ2) is 6.02. The Morgan fingerprint density at radius 1 is 1.18 bits per heavy atom. The molecule has 0 spiro atoms. The zero-order chi connectivity index (χ0) is 12.9. The van der Waals surface area contributed by atoms with Gasteiger partial charge in [0.05, 0.1) is 4.90 Å². The molecule has 0 aromatic heterocycles. The fourth-order valence-corrected chi connectivity index (χ4v) is 2.70. The molecule has 0 radical (unpaired) electrons. The number of anilines is 1. The van der Waals surface area contributed by atoms with Crippen LogP contribution in [0, 0.1) is 0 Å². The van der Waals surface area contributed by atoms with Crippen molar-refractivity contribution in [3.63, 3.8) is 0 Å². The molecule has 0 aliphatic carbocycles. The van der Waals surface area contributed by atoms with Crippen LogP contribution < -0.4 is 10.0 Å². The molecule has 96 valence electrons. The van der Waals surface area contributed by atoms with E-state index in [1.165, 1.54) is 0 Å². The molecule has 2 N–H and O–H groups in total. The third kappa shape index (κ3) is 4.02. The maximum atomic E-state index is 11.9. The van der Waals surface area contributed by atoms with Crippen molar-refractivity contribution >= 4 is 15.7 Å². The van der Waals surface area contributed by atoms with Gasteiger partial charge in [-0.1, -0.05) is 6.92 Å². The highest BCUT2D eigenvalue weighted by Crippen LogP contribution is 2.14. The lowest BCUT2D eigenvalue weighted by Crippen LogP contribution is -2.31. The van der Waals surface area contributed by atoms with Gasteiger partial charge in [0.1, 0.15) is 0 Å². The summed E-state index contributed by atoms with van der Waals surface area (Å²) >= 11 is 0. The van der Waals surface area contributed by atoms with Crippen LogP contribution >= 0.6 is 0 Å². The van der Waals surface area contributed by atoms with Crippen molar-refractivity contribution < 1.29 is 8.42 Å². The highest BCUT2D eigenvalue weighted by atomic mass is 32.2. The van der Waals surface area contributed by atoms with Crippen LogP contribution in [0.1, 0.15) is 27.2 Å². The highest BCUT2D eigenvalue weighted by Gasteiger charge is 2.15. The molecule has 0 aliphatic heterocycles. The van der Waals surface area contributed by atoms with Gasteiger partial charge < -0.3 is 5.32 Å². The Morgan fingerprint density at radius 3 is 2.24 bits per heavy atom. The van der Waals surface area contributed by atoms with Crippen molar-refractivity contribution in [1.29, 1.82) is 0 Å². The molecule has 0 saturated heterocycles. The highest BCUT2D eigenvalue weighted by molar-refractivity contribution is 7.89. The van der Waals surface area contributed by atoms with E-state index in [2.05, 4.69) is 10.0 Å². The normalized spacial score (nSPS) is 13.4. The fraction of sp³-hybridized carbons (Fsp3) is 0.500. The quantitative estimate of drug-likeness (QED) is 0.820. The van der Waals surface area contributed by atoms with Crippen molar-refractivity contribution in [2.45, 2.75) is 38.1 Å². The predicted octanol–water partition coefficient (Wildman–Crippen LogP) is 2.20. The topological polar surface area (TPSA) is 58.2 Å². The Bertz CT molecular complexity index is 440. The van der Waals surface area contributed by atoms with Crippen LogP contribution in [0.4, 0.5) is 5.69 Å². The van der Waals surface area contributed by atoms with Crippen LogP contribution in [0.3, 0.4) is 0 Å². The molecule has 1 rings (SSSR count). The standard InChI is InChI=1S/C12H20N2O2S/c1-4-10(3)14-17(15,16)12-8-6-11(7-9-12)13-5-2/h6-10,13-14H,4-5H2,1-3H3. The van der Waals surface area contributed by atoms with E-state index in [-0.39, 0.29) is 6.04 Å². The lowest BCUT2D eigenvalue weighted by atomic mass is 10.3. The zero-order valence-corrected chi connectivity index (χ0v) is 11.3. The summed E-state index contributed by atoms with van der Waals surface area (Å²) in [6.07, 6.45) is 0.773. The lowest BCUT2D eigenvalue weighted by molar-refractivity contribution is 0.556. The first-order valence-corrected chi connectivity index (χ1v) is 7.34. The van der Waals surface area contributed by atoms with Gasteiger partial charge in [-0.3, -0.25) is 0 Å². The van der Waals surface area contributed by atoms with Crippen molar-refractivity contribution in [2.75, 3.05) is 11.9 Å². The van der Waals surface area contributed by atoms with Crippen molar-refractivity contribution in [1.82, 2.24) is 4.72 Å². The smallest absolute Gasteiger partial charge is 0.240 e. The maximum Gasteiger partial charge on any atom is 0.240 e. The molecule has 0 amide bonds. The molecule has 5 heteroatoms. The van der Waals surface area contributed by atoms with E-state index in [1.54, 1.807) is 24.3 Å². The van der Waals surface area contributed by atoms with Gasteiger partial charge in [0, 0.05) is 18.3 Å². The maximum absolute atomic E-state index is 11.9. The van der Waals surface area contributed by atoms with E-state index in [0.29, 0.717) is 4.90 Å². The van der Waals surface area contributed by atoms with Crippen LogP contribution in [0.25, 0.3) is 0 Å². The Balaban J connectivity index is 2.85. The predicted molar refractivity (Wildman–Crippen MR) is 70.7 cm³/mol. The molecule has 17 heavy (non-hydrogen) atoms. The van der Waals surface area contributed by atoms with Crippen molar-refractivity contribution in [2.24, 2.45) is 0 Å². The first-order chi connectivity index (χ1) is 7.99. The molecule has 1 unspecified atom stereocenters. The van der Waals surface area contributed by atoms with E-state index in [4.69, 9.17) is 0 Å². The second-order valence-corrected chi connectivity index (χ2v) is 5.70. The van der Waals surface area contributed by atoms with Crippen LogP contribution in [-0.4, -0.2) is 21.0 Å². The summed E-state index contributed by atoms with van der Waals surface area (Å²) in [5.74, 6) is 0. The van der Waals surface area contributed by atoms with Crippen LogP contribution in [0.2, 0.25) is 0 Å². The van der Waals surface area contributed by atoms with E-state index in [0.717, 1.165) is 18.7 Å². The first kappa shape index (κ1) is 14.0. The average molecular weight is 256 g/mol. The van der Waals surface area contributed by atoms with Crippen LogP contribution in [-0.2, 0) is 10.0 Å². The number of sulfonamides is 1. The van der Waals surface area contributed by atoms with Gasteiger partial charge >= 0.3 is 0 Å². The number of benzene rings is 1. The summed E-state index contributed by atoms with van der Waals surface area (Å²) in [4.78, 5) is 0.305. The van der Waals surface area contributed by atoms with Crippen molar-refractivity contribution in [3.8, 4) is 0 Å². The van der Waals surface area contributed by atoms with Gasteiger partial charge in [-0.2, -0.15) is 0 Å². The SMILES string of the molecule is CCNc1ccc(S(=O)(=O)NC(C)CC)cc1. The minimum Gasteiger partial charge on any atom is -0.385 e. The molecule has 0 saturated carbocycles. The summed E-state index contributed by atoms with van der Waals surface area (Å²) in [7, 11) is -3.38. The minimum atomic E-state index is -3.38. The Morgan fingerprint density at radius 2 is 1.76 bits per heavy atom. The van der Waals surface area contributed by atoms with Crippen molar-refractivity contribution in [3.05, 3.63) is 24.3 Å². The summed E-state index contributed by atoms with van der Waals surface area (Å²) in [5, 5.41) is 3.12. The minimum absolute atomic E-state index is 0.0477. The molecule has 0 fully saturated rings. The molecule has 1 aromatic carbocycles. The van der Waals surface area contributed by atoms with E-state index >= 15 is 0 Å². The number of hydrogen-bond donors (Lipinski definition) is 2. The fourth-order valence-electron chi connectivity index (χ4n) is 1.37. The molecular formula is C12H20N2O2S. The Kier molecular flexibility index (Phi) is 4.96. The Labute approximate surface area is 103 Å². The molecule has 0 bridgehead atoms. The van der Waals surface area contributed by atoms with Crippen LogP contribution in [0.5, 0.6) is 0 Å². The molecule has 0 heterocycles. The molecular weight excluding hydrogens is 236 g/mol. The van der Waals surface area contributed by atoms with Gasteiger partial charge in [0.25, 0.3) is 0 Å². The van der Waals surface area contributed by atoms with E-state index < -0.39 is 10.0 Å². The van der Waals surface area contributed by atoms with Gasteiger partial charge in [0.2, 0.25) is 10.0 Å². The summed E-state index contributed by atoms with van der Waals surface area (Å²) < 4.78 is 26.5. The average Bonchev–Trinajstić information content (AvgIpc) is 2.29. The third-order valence-corrected chi connectivity index (χ3v) is 4.12. The Hall–Kier alpha value is -1.07. The molecule has 4 nitrogen and oxygen atoms in total. The van der Waals surface area contributed by atoms with E-state index in [9.17, 15) is 8.42 Å². The number of hydrogen-bond acceptors (Lipinski definition) is 3. The molecule has 1 aromatic rings.